The maximum absolute atomic E-state index is 13.4. The van der Waals surface area contributed by atoms with Gasteiger partial charge >= 0.3 is 0 Å². The summed E-state index contributed by atoms with van der Waals surface area (Å²) in [6.07, 6.45) is 0. The maximum Gasteiger partial charge on any atom is 0.300 e. The number of amides is 1. The van der Waals surface area contributed by atoms with Crippen LogP contribution in [0.15, 0.2) is 103 Å². The summed E-state index contributed by atoms with van der Waals surface area (Å²) in [5, 5.41) is 12.0. The van der Waals surface area contributed by atoms with Crippen LogP contribution in [0.2, 0.25) is 5.02 Å². The van der Waals surface area contributed by atoms with E-state index in [1.54, 1.807) is 42.5 Å². The van der Waals surface area contributed by atoms with E-state index in [4.69, 9.17) is 16.3 Å². The zero-order valence-corrected chi connectivity index (χ0v) is 21.8. The number of ketones is 1. The molecule has 0 saturated carbocycles. The Morgan fingerprint density at radius 2 is 1.63 bits per heavy atom. The van der Waals surface area contributed by atoms with Crippen molar-refractivity contribution < 1.29 is 19.4 Å². The molecule has 1 aliphatic rings. The number of halogens is 1. The van der Waals surface area contributed by atoms with E-state index in [9.17, 15) is 14.7 Å². The molecule has 5 nitrogen and oxygen atoms in total. The standard InChI is InChI=1S/C32H26ClNO4/c1-20-7-6-10-23(17-20)29-28(31(36)32(37)34(29)26-14-12-25(33)13-15-26)30(35)24-11-16-27(21(2)18-24)38-19-22-8-4-3-5-9-22/h3-18,29,35H,19H2,1-2H3/b30-28-. The third-order valence-corrected chi connectivity index (χ3v) is 6.84. The molecule has 0 bridgehead atoms. The van der Waals surface area contributed by atoms with Crippen molar-refractivity contribution in [2.45, 2.75) is 26.5 Å². The lowest BCUT2D eigenvalue weighted by Crippen LogP contribution is -2.29. The molecule has 0 aromatic heterocycles. The highest BCUT2D eigenvalue weighted by Crippen LogP contribution is 2.42. The molecule has 1 aliphatic heterocycles. The smallest absolute Gasteiger partial charge is 0.300 e. The SMILES string of the molecule is Cc1cccc(C2/C(=C(/O)c3ccc(OCc4ccccc4)c(C)c3)C(=O)C(=O)N2c2ccc(Cl)cc2)c1. The third kappa shape index (κ3) is 4.93. The van der Waals surface area contributed by atoms with E-state index in [1.807, 2.05) is 68.4 Å². The second-order valence-corrected chi connectivity index (χ2v) is 9.75. The average Bonchev–Trinajstić information content (AvgIpc) is 3.18. The molecule has 4 aromatic carbocycles. The fourth-order valence-corrected chi connectivity index (χ4v) is 4.83. The molecular weight excluding hydrogens is 498 g/mol. The van der Waals surface area contributed by atoms with Crippen LogP contribution in [0.25, 0.3) is 5.76 Å². The minimum absolute atomic E-state index is 0.0351. The van der Waals surface area contributed by atoms with Gasteiger partial charge in [0.15, 0.2) is 0 Å². The number of aliphatic hydroxyl groups is 1. The highest BCUT2D eigenvalue weighted by molar-refractivity contribution is 6.51. The molecule has 1 unspecified atom stereocenters. The summed E-state index contributed by atoms with van der Waals surface area (Å²) in [6, 6.07) is 28.6. The van der Waals surface area contributed by atoms with Gasteiger partial charge in [-0.05, 0) is 73.0 Å². The zero-order chi connectivity index (χ0) is 26.8. The van der Waals surface area contributed by atoms with Crippen LogP contribution >= 0.6 is 11.6 Å². The van der Waals surface area contributed by atoms with Crippen LogP contribution in [0, 0.1) is 13.8 Å². The summed E-state index contributed by atoms with van der Waals surface area (Å²) in [5.41, 5.74) is 4.51. The van der Waals surface area contributed by atoms with Crippen LogP contribution in [-0.2, 0) is 16.2 Å². The minimum Gasteiger partial charge on any atom is -0.507 e. The number of nitrogens with zero attached hydrogens (tertiary/aromatic N) is 1. The fraction of sp³-hybridized carbons (Fsp3) is 0.125. The number of rotatable bonds is 6. The molecule has 0 aliphatic carbocycles. The Balaban J connectivity index is 1.56. The van der Waals surface area contributed by atoms with Gasteiger partial charge in [-0.3, -0.25) is 14.5 Å². The first-order valence-corrected chi connectivity index (χ1v) is 12.6. The van der Waals surface area contributed by atoms with Gasteiger partial charge in [-0.2, -0.15) is 0 Å². The molecular formula is C32H26ClNO4. The lowest BCUT2D eigenvalue weighted by Gasteiger charge is -2.25. The molecule has 1 N–H and O–H groups in total. The molecule has 190 valence electrons. The summed E-state index contributed by atoms with van der Waals surface area (Å²) in [6.45, 7) is 4.23. The summed E-state index contributed by atoms with van der Waals surface area (Å²) in [5.74, 6) is -1.02. The van der Waals surface area contributed by atoms with Crippen molar-refractivity contribution in [3.63, 3.8) is 0 Å². The first-order chi connectivity index (χ1) is 18.3. The molecule has 5 rings (SSSR count). The van der Waals surface area contributed by atoms with Gasteiger partial charge in [0.25, 0.3) is 11.7 Å². The van der Waals surface area contributed by atoms with E-state index in [-0.39, 0.29) is 11.3 Å². The predicted octanol–water partition coefficient (Wildman–Crippen LogP) is 7.16. The number of carbonyl (C=O) groups excluding carboxylic acids is 2. The van der Waals surface area contributed by atoms with E-state index in [2.05, 4.69) is 0 Å². The monoisotopic (exact) mass is 523 g/mol. The molecule has 1 saturated heterocycles. The first kappa shape index (κ1) is 25.3. The molecule has 0 spiro atoms. The second-order valence-electron chi connectivity index (χ2n) is 9.31. The number of hydrogen-bond donors (Lipinski definition) is 1. The lowest BCUT2D eigenvalue weighted by molar-refractivity contribution is -0.132. The highest BCUT2D eigenvalue weighted by atomic mass is 35.5. The van der Waals surface area contributed by atoms with Crippen molar-refractivity contribution in [1.29, 1.82) is 0 Å². The van der Waals surface area contributed by atoms with E-state index in [0.717, 1.165) is 22.3 Å². The van der Waals surface area contributed by atoms with Crippen molar-refractivity contribution in [1.82, 2.24) is 0 Å². The molecule has 4 aromatic rings. The second kappa shape index (κ2) is 10.6. The van der Waals surface area contributed by atoms with E-state index < -0.39 is 17.7 Å². The van der Waals surface area contributed by atoms with Crippen molar-refractivity contribution in [2.75, 3.05) is 4.90 Å². The number of Topliss-reactive ketones (excluding diaryl/α,β-unsaturated/α-hetero) is 1. The molecule has 1 atom stereocenters. The number of carbonyl (C=O) groups is 2. The number of aryl methyl sites for hydroxylation is 2. The Labute approximate surface area is 226 Å². The molecule has 6 heteroatoms. The largest absolute Gasteiger partial charge is 0.507 e. The van der Waals surface area contributed by atoms with Crippen LogP contribution < -0.4 is 9.64 Å². The van der Waals surface area contributed by atoms with Gasteiger partial charge in [-0.25, -0.2) is 0 Å². The summed E-state index contributed by atoms with van der Waals surface area (Å²) < 4.78 is 5.97. The van der Waals surface area contributed by atoms with Crippen LogP contribution in [-0.4, -0.2) is 16.8 Å². The van der Waals surface area contributed by atoms with Gasteiger partial charge in [0.05, 0.1) is 11.6 Å². The van der Waals surface area contributed by atoms with Crippen LogP contribution in [0.1, 0.15) is 33.9 Å². The Kier molecular flexibility index (Phi) is 7.03. The van der Waals surface area contributed by atoms with Gasteiger partial charge < -0.3 is 9.84 Å². The van der Waals surface area contributed by atoms with E-state index >= 15 is 0 Å². The van der Waals surface area contributed by atoms with Crippen molar-refractivity contribution >= 4 is 34.7 Å². The topological polar surface area (TPSA) is 66.8 Å². The van der Waals surface area contributed by atoms with Gasteiger partial charge in [0.2, 0.25) is 0 Å². The van der Waals surface area contributed by atoms with Crippen LogP contribution in [0.4, 0.5) is 5.69 Å². The molecule has 0 radical (unpaired) electrons. The quantitative estimate of drug-likeness (QED) is 0.165. The van der Waals surface area contributed by atoms with E-state index in [0.29, 0.717) is 28.6 Å². The summed E-state index contributed by atoms with van der Waals surface area (Å²) in [4.78, 5) is 28.1. The highest BCUT2D eigenvalue weighted by Gasteiger charge is 2.47. The predicted molar refractivity (Wildman–Crippen MR) is 149 cm³/mol. The minimum atomic E-state index is -0.801. The summed E-state index contributed by atoms with van der Waals surface area (Å²) in [7, 11) is 0. The normalized spacial score (nSPS) is 16.6. The lowest BCUT2D eigenvalue weighted by atomic mass is 9.94. The van der Waals surface area contributed by atoms with E-state index in [1.165, 1.54) is 4.90 Å². The number of hydrogen-bond acceptors (Lipinski definition) is 4. The fourth-order valence-electron chi connectivity index (χ4n) is 4.71. The van der Waals surface area contributed by atoms with Crippen molar-refractivity contribution in [3.05, 3.63) is 135 Å². The number of ether oxygens (including phenoxy) is 1. The third-order valence-electron chi connectivity index (χ3n) is 6.59. The zero-order valence-electron chi connectivity index (χ0n) is 21.0. The van der Waals surface area contributed by atoms with Crippen LogP contribution in [0.3, 0.4) is 0 Å². The Morgan fingerprint density at radius 1 is 0.895 bits per heavy atom. The van der Waals surface area contributed by atoms with Crippen molar-refractivity contribution in [3.8, 4) is 5.75 Å². The number of anilines is 1. The Morgan fingerprint density at radius 3 is 2.32 bits per heavy atom. The summed E-state index contributed by atoms with van der Waals surface area (Å²) >= 11 is 6.07. The van der Waals surface area contributed by atoms with Crippen LogP contribution in [0.5, 0.6) is 5.75 Å². The molecule has 1 heterocycles. The molecule has 1 amide bonds. The van der Waals surface area contributed by atoms with Gasteiger partial charge in [0, 0.05) is 16.3 Å². The van der Waals surface area contributed by atoms with Gasteiger partial charge in [0.1, 0.15) is 18.1 Å². The Hall–Kier alpha value is -4.35. The average molecular weight is 524 g/mol. The number of aliphatic hydroxyl groups excluding tert-OH is 1. The van der Waals surface area contributed by atoms with Gasteiger partial charge in [-0.1, -0.05) is 71.8 Å². The maximum atomic E-state index is 13.4. The number of benzene rings is 4. The Bertz CT molecular complexity index is 1540. The van der Waals surface area contributed by atoms with Crippen molar-refractivity contribution in [2.24, 2.45) is 0 Å². The van der Waals surface area contributed by atoms with Gasteiger partial charge in [-0.15, -0.1) is 0 Å². The first-order valence-electron chi connectivity index (χ1n) is 12.2. The molecule has 38 heavy (non-hydrogen) atoms. The molecule has 1 fully saturated rings.